The second-order valence-electron chi connectivity index (χ2n) is 22.0. The molecule has 5 heteroatoms. The third-order valence-corrected chi connectivity index (χ3v) is 17.5. The van der Waals surface area contributed by atoms with E-state index >= 15 is 0 Å². The fraction of sp³-hybridized carbons (Fsp3) is 0.621. The van der Waals surface area contributed by atoms with Crippen LogP contribution in [-0.2, 0) is 13.1 Å². The number of hydrogen-bond donors (Lipinski definition) is 2. The topological polar surface area (TPSA) is 51.1 Å². The number of hydrogen-bond acceptors (Lipinski definition) is 3. The average molecular weight is 848 g/mol. The van der Waals surface area contributed by atoms with Gasteiger partial charge in [-0.15, -0.1) is 0 Å². The van der Waals surface area contributed by atoms with E-state index in [0.717, 1.165) is 37.3 Å². The Morgan fingerprint density at radius 1 is 0.603 bits per heavy atom. The fourth-order valence-corrected chi connectivity index (χ4v) is 13.7. The van der Waals surface area contributed by atoms with Gasteiger partial charge in [0.25, 0.3) is 0 Å². The zero-order chi connectivity index (χ0) is 42.5. The van der Waals surface area contributed by atoms with Gasteiger partial charge >= 0.3 is 0 Å². The lowest BCUT2D eigenvalue weighted by Gasteiger charge is -2.36. The minimum atomic E-state index is 0.388. The molecule has 5 aromatic rings. The summed E-state index contributed by atoms with van der Waals surface area (Å²) in [5.41, 5.74) is 15.4. The highest BCUT2D eigenvalue weighted by atomic mass is 15.1. The van der Waals surface area contributed by atoms with Crippen LogP contribution in [0.2, 0.25) is 0 Å². The summed E-state index contributed by atoms with van der Waals surface area (Å²) in [6, 6.07) is 29.9. The predicted molar refractivity (Wildman–Crippen MR) is 266 cm³/mol. The zero-order valence-corrected chi connectivity index (χ0v) is 39.1. The number of aromatic nitrogens is 2. The van der Waals surface area contributed by atoms with E-state index in [1.807, 2.05) is 0 Å². The van der Waals surface area contributed by atoms with Gasteiger partial charge in [-0.05, 0) is 192 Å². The molecule has 0 amide bonds. The molecule has 3 N–H and O–H groups in total. The summed E-state index contributed by atoms with van der Waals surface area (Å²) in [4.78, 5) is 2.78. The minimum Gasteiger partial charge on any atom is -0.347 e. The van der Waals surface area contributed by atoms with Crippen LogP contribution in [0.5, 0.6) is 0 Å². The molecule has 5 nitrogen and oxygen atoms in total. The van der Waals surface area contributed by atoms with Crippen LogP contribution in [0.3, 0.4) is 0 Å². The Kier molecular flexibility index (Phi) is 14.1. The highest BCUT2D eigenvalue weighted by Crippen LogP contribution is 2.42. The number of nitrogens with zero attached hydrogens (tertiary/aromatic N) is 3. The van der Waals surface area contributed by atoms with Gasteiger partial charge in [-0.25, -0.2) is 0 Å². The SMILES string of the molecule is CC1CCC(NCCC(c2cccc(C3CCCC(Cn4cc(C5CCN(CC6CCC(N)CC6)CC5)c5ccccc54)C3)c2)c2cn(CC3CCCCC3)c3ccccc23)CC1. The van der Waals surface area contributed by atoms with Gasteiger partial charge in [-0.2, -0.15) is 0 Å². The summed E-state index contributed by atoms with van der Waals surface area (Å²) in [5, 5.41) is 7.06. The van der Waals surface area contributed by atoms with Crippen LogP contribution in [0.25, 0.3) is 21.8 Å². The molecule has 1 aliphatic heterocycles. The second-order valence-corrected chi connectivity index (χ2v) is 22.0. The summed E-state index contributed by atoms with van der Waals surface area (Å²) in [5.74, 6) is 4.95. The second kappa shape index (κ2) is 20.4. The molecule has 338 valence electrons. The van der Waals surface area contributed by atoms with E-state index in [-0.39, 0.29) is 0 Å². The lowest BCUT2D eigenvalue weighted by atomic mass is 9.76. The van der Waals surface area contributed by atoms with Crippen molar-refractivity contribution < 1.29 is 0 Å². The Morgan fingerprint density at radius 2 is 1.29 bits per heavy atom. The van der Waals surface area contributed by atoms with E-state index in [1.54, 1.807) is 16.7 Å². The summed E-state index contributed by atoms with van der Waals surface area (Å²) in [6.07, 6.45) is 31.7. The molecule has 10 rings (SSSR count). The number of nitrogens with two attached hydrogens (primary N) is 1. The fourth-order valence-electron chi connectivity index (χ4n) is 13.7. The lowest BCUT2D eigenvalue weighted by Crippen LogP contribution is -2.38. The third kappa shape index (κ3) is 10.4. The van der Waals surface area contributed by atoms with Crippen LogP contribution in [-0.4, -0.2) is 52.3 Å². The Morgan fingerprint density at radius 3 is 2.08 bits per heavy atom. The van der Waals surface area contributed by atoms with Crippen LogP contribution in [0, 0.1) is 23.7 Å². The number of para-hydroxylation sites is 2. The van der Waals surface area contributed by atoms with E-state index in [4.69, 9.17) is 5.73 Å². The zero-order valence-electron chi connectivity index (χ0n) is 39.1. The molecule has 3 aromatic carbocycles. The standard InChI is InChI=1S/C58H81N5/c1-42-21-27-51(28-22-42)60-32-29-52(56-41-62(38-43-11-3-2-4-12-43)58-20-8-6-18-54(56)58)49-16-10-15-48(36-49)47-14-9-13-45(35-47)39-63-40-55(53-17-5-7-19-57(53)63)46-30-33-61(34-31-46)37-44-23-25-50(59)26-24-44/h5-8,10,15-20,36,40-47,50-52,60H,2-4,9,11-14,21-35,37-39,59H2,1H3. The lowest BCUT2D eigenvalue weighted by molar-refractivity contribution is 0.160. The number of fused-ring (bicyclic) bond motifs is 2. The number of nitrogens with one attached hydrogen (secondary N) is 1. The molecule has 3 atom stereocenters. The Balaban J connectivity index is 0.852. The molecule has 4 aliphatic carbocycles. The molecule has 1 saturated heterocycles. The molecule has 5 fully saturated rings. The van der Waals surface area contributed by atoms with E-state index in [2.05, 4.69) is 111 Å². The van der Waals surface area contributed by atoms with Crippen molar-refractivity contribution in [2.75, 3.05) is 26.2 Å². The van der Waals surface area contributed by atoms with Gasteiger partial charge in [0.2, 0.25) is 0 Å². The number of piperidine rings is 1. The minimum absolute atomic E-state index is 0.388. The first kappa shape index (κ1) is 43.5. The number of rotatable bonds is 14. The first-order valence-corrected chi connectivity index (χ1v) is 26.5. The summed E-state index contributed by atoms with van der Waals surface area (Å²) >= 11 is 0. The summed E-state index contributed by atoms with van der Waals surface area (Å²) in [7, 11) is 0. The first-order valence-electron chi connectivity index (χ1n) is 26.5. The van der Waals surface area contributed by atoms with Crippen LogP contribution in [0.4, 0.5) is 0 Å². The first-order chi connectivity index (χ1) is 31.0. The number of benzene rings is 3. The maximum atomic E-state index is 6.24. The molecule has 5 aliphatic rings. The van der Waals surface area contributed by atoms with Gasteiger partial charge in [0.1, 0.15) is 0 Å². The van der Waals surface area contributed by atoms with E-state index in [1.165, 1.54) is 176 Å². The highest BCUT2D eigenvalue weighted by molar-refractivity contribution is 5.85. The molecule has 63 heavy (non-hydrogen) atoms. The van der Waals surface area contributed by atoms with E-state index in [0.29, 0.717) is 35.8 Å². The van der Waals surface area contributed by atoms with Crippen molar-refractivity contribution >= 4 is 21.8 Å². The van der Waals surface area contributed by atoms with Gasteiger partial charge in [0.05, 0.1) is 0 Å². The summed E-state index contributed by atoms with van der Waals surface area (Å²) < 4.78 is 5.35. The maximum Gasteiger partial charge on any atom is 0.0483 e. The molecule has 4 saturated carbocycles. The summed E-state index contributed by atoms with van der Waals surface area (Å²) in [6.45, 7) is 9.62. The molecule has 2 aromatic heterocycles. The van der Waals surface area contributed by atoms with Crippen molar-refractivity contribution in [1.82, 2.24) is 19.4 Å². The molecular formula is C58H81N5. The Hall–Kier alpha value is -3.38. The van der Waals surface area contributed by atoms with E-state index < -0.39 is 0 Å². The Labute approximate surface area is 381 Å². The van der Waals surface area contributed by atoms with Crippen LogP contribution in [0.15, 0.2) is 85.2 Å². The monoisotopic (exact) mass is 848 g/mol. The quantitative estimate of drug-likeness (QED) is 0.117. The van der Waals surface area contributed by atoms with Crippen LogP contribution in [0.1, 0.15) is 175 Å². The van der Waals surface area contributed by atoms with Gasteiger partial charge in [-0.1, -0.05) is 93.3 Å². The van der Waals surface area contributed by atoms with Crippen molar-refractivity contribution in [1.29, 1.82) is 0 Å². The van der Waals surface area contributed by atoms with Crippen molar-refractivity contribution in [2.45, 2.75) is 178 Å². The van der Waals surface area contributed by atoms with E-state index in [9.17, 15) is 0 Å². The van der Waals surface area contributed by atoms with Crippen molar-refractivity contribution in [3.05, 3.63) is 107 Å². The largest absolute Gasteiger partial charge is 0.347 e. The molecular weight excluding hydrogens is 767 g/mol. The molecule has 3 heterocycles. The highest BCUT2D eigenvalue weighted by Gasteiger charge is 2.30. The third-order valence-electron chi connectivity index (χ3n) is 17.5. The average Bonchev–Trinajstić information content (AvgIpc) is 3.88. The van der Waals surface area contributed by atoms with Crippen LogP contribution < -0.4 is 11.1 Å². The van der Waals surface area contributed by atoms with Crippen molar-refractivity contribution in [3.8, 4) is 0 Å². The van der Waals surface area contributed by atoms with Crippen LogP contribution >= 0.6 is 0 Å². The predicted octanol–water partition coefficient (Wildman–Crippen LogP) is 13.5. The molecule has 0 bridgehead atoms. The van der Waals surface area contributed by atoms with Gasteiger partial charge in [0, 0.05) is 71.8 Å². The number of likely N-dealkylation sites (tertiary alicyclic amines) is 1. The smallest absolute Gasteiger partial charge is 0.0483 e. The van der Waals surface area contributed by atoms with Gasteiger partial charge < -0.3 is 25.1 Å². The van der Waals surface area contributed by atoms with Gasteiger partial charge in [-0.3, -0.25) is 0 Å². The molecule has 0 radical (unpaired) electrons. The Bertz CT molecular complexity index is 2200. The normalized spacial score (nSPS) is 27.6. The molecule has 3 unspecified atom stereocenters. The maximum absolute atomic E-state index is 6.24. The van der Waals surface area contributed by atoms with Gasteiger partial charge in [0.15, 0.2) is 0 Å². The molecule has 0 spiro atoms. The van der Waals surface area contributed by atoms with Crippen molar-refractivity contribution in [2.24, 2.45) is 29.4 Å². The van der Waals surface area contributed by atoms with Crippen molar-refractivity contribution in [3.63, 3.8) is 0 Å².